The maximum atomic E-state index is 5.79. The van der Waals surface area contributed by atoms with Gasteiger partial charge >= 0.3 is 0 Å². The van der Waals surface area contributed by atoms with Crippen LogP contribution in [0.1, 0.15) is 25.7 Å². The van der Waals surface area contributed by atoms with Gasteiger partial charge in [-0.1, -0.05) is 0 Å². The molecule has 1 heterocycles. The van der Waals surface area contributed by atoms with Gasteiger partial charge in [-0.15, -0.1) is 24.8 Å². The van der Waals surface area contributed by atoms with E-state index in [1.165, 1.54) is 38.8 Å². The highest BCUT2D eigenvalue weighted by Crippen LogP contribution is 2.28. The van der Waals surface area contributed by atoms with E-state index in [0.29, 0.717) is 6.04 Å². The molecule has 2 fully saturated rings. The molecule has 1 saturated heterocycles. The standard InChI is InChI=1S/C8H16N2.2ClH/c9-7-3-5-10(6-4-7)8-1-2-8;;/h7-8H,1-6,9H2;2*1H. The van der Waals surface area contributed by atoms with Crippen LogP contribution in [0.5, 0.6) is 0 Å². The lowest BCUT2D eigenvalue weighted by atomic mass is 10.1. The largest absolute Gasteiger partial charge is 0.328 e. The van der Waals surface area contributed by atoms with Crippen molar-refractivity contribution in [1.82, 2.24) is 4.90 Å². The number of likely N-dealkylation sites (tertiary alicyclic amines) is 1. The lowest BCUT2D eigenvalue weighted by molar-refractivity contribution is 0.204. The Morgan fingerprint density at radius 2 is 1.42 bits per heavy atom. The quantitative estimate of drug-likeness (QED) is 0.713. The first kappa shape index (κ1) is 12.5. The highest BCUT2D eigenvalue weighted by molar-refractivity contribution is 5.85. The average Bonchev–Trinajstić information content (AvgIpc) is 2.71. The van der Waals surface area contributed by atoms with E-state index in [4.69, 9.17) is 5.73 Å². The summed E-state index contributed by atoms with van der Waals surface area (Å²) < 4.78 is 0. The normalized spacial score (nSPS) is 25.8. The fourth-order valence-corrected chi connectivity index (χ4v) is 1.72. The molecule has 0 aromatic rings. The van der Waals surface area contributed by atoms with Crippen LogP contribution in [-0.4, -0.2) is 30.1 Å². The molecule has 0 spiro atoms. The Morgan fingerprint density at radius 1 is 0.917 bits per heavy atom. The van der Waals surface area contributed by atoms with E-state index in [-0.39, 0.29) is 24.8 Å². The van der Waals surface area contributed by atoms with Gasteiger partial charge in [0, 0.05) is 12.1 Å². The molecule has 0 aromatic heterocycles. The molecule has 2 rings (SSSR count). The van der Waals surface area contributed by atoms with Crippen LogP contribution in [0.4, 0.5) is 0 Å². The lowest BCUT2D eigenvalue weighted by Gasteiger charge is -2.29. The molecule has 1 aliphatic heterocycles. The first-order chi connectivity index (χ1) is 4.86. The molecule has 12 heavy (non-hydrogen) atoms. The van der Waals surface area contributed by atoms with Crippen molar-refractivity contribution in [3.8, 4) is 0 Å². The second kappa shape index (κ2) is 5.28. The molecular formula is C8H18Cl2N2. The van der Waals surface area contributed by atoms with Crippen LogP contribution in [-0.2, 0) is 0 Å². The van der Waals surface area contributed by atoms with Gasteiger partial charge in [-0.05, 0) is 38.8 Å². The number of rotatable bonds is 1. The van der Waals surface area contributed by atoms with Gasteiger partial charge in [-0.3, -0.25) is 0 Å². The molecule has 2 nitrogen and oxygen atoms in total. The number of hydrogen-bond acceptors (Lipinski definition) is 2. The number of nitrogens with zero attached hydrogens (tertiary/aromatic N) is 1. The summed E-state index contributed by atoms with van der Waals surface area (Å²) in [6.45, 7) is 2.51. The molecule has 1 aliphatic carbocycles. The van der Waals surface area contributed by atoms with Gasteiger partial charge in [-0.2, -0.15) is 0 Å². The fraction of sp³-hybridized carbons (Fsp3) is 1.00. The molecule has 0 atom stereocenters. The van der Waals surface area contributed by atoms with E-state index in [2.05, 4.69) is 4.90 Å². The highest BCUT2D eigenvalue weighted by Gasteiger charge is 2.30. The van der Waals surface area contributed by atoms with Crippen molar-refractivity contribution in [1.29, 1.82) is 0 Å². The summed E-state index contributed by atoms with van der Waals surface area (Å²) in [5.74, 6) is 0. The lowest BCUT2D eigenvalue weighted by Crippen LogP contribution is -2.40. The fourth-order valence-electron chi connectivity index (χ4n) is 1.72. The van der Waals surface area contributed by atoms with Crippen LogP contribution >= 0.6 is 24.8 Å². The third-order valence-electron chi connectivity index (χ3n) is 2.64. The van der Waals surface area contributed by atoms with Crippen molar-refractivity contribution >= 4 is 24.8 Å². The summed E-state index contributed by atoms with van der Waals surface area (Å²) >= 11 is 0. The third kappa shape index (κ3) is 3.09. The summed E-state index contributed by atoms with van der Waals surface area (Å²) in [4.78, 5) is 2.60. The Bertz CT molecular complexity index is 120. The minimum atomic E-state index is 0. The third-order valence-corrected chi connectivity index (χ3v) is 2.64. The summed E-state index contributed by atoms with van der Waals surface area (Å²) in [5.41, 5.74) is 5.79. The van der Waals surface area contributed by atoms with Crippen LogP contribution in [0.2, 0.25) is 0 Å². The Morgan fingerprint density at radius 3 is 1.83 bits per heavy atom. The second-order valence-corrected chi connectivity index (χ2v) is 3.60. The van der Waals surface area contributed by atoms with E-state index in [1.54, 1.807) is 0 Å². The zero-order valence-corrected chi connectivity index (χ0v) is 8.87. The van der Waals surface area contributed by atoms with Crippen molar-refractivity contribution in [3.05, 3.63) is 0 Å². The van der Waals surface area contributed by atoms with Crippen molar-refractivity contribution < 1.29 is 0 Å². The van der Waals surface area contributed by atoms with E-state index >= 15 is 0 Å². The Kier molecular flexibility index (Phi) is 5.50. The monoisotopic (exact) mass is 212 g/mol. The van der Waals surface area contributed by atoms with Gasteiger partial charge in [0.25, 0.3) is 0 Å². The van der Waals surface area contributed by atoms with Crippen LogP contribution in [0, 0.1) is 0 Å². The van der Waals surface area contributed by atoms with Crippen LogP contribution < -0.4 is 5.73 Å². The van der Waals surface area contributed by atoms with E-state index in [0.717, 1.165) is 6.04 Å². The molecule has 2 aliphatic rings. The number of piperidine rings is 1. The topological polar surface area (TPSA) is 29.3 Å². The molecule has 2 N–H and O–H groups in total. The number of halogens is 2. The van der Waals surface area contributed by atoms with Crippen molar-refractivity contribution in [2.45, 2.75) is 37.8 Å². The number of hydrogen-bond donors (Lipinski definition) is 1. The minimum Gasteiger partial charge on any atom is -0.328 e. The van der Waals surface area contributed by atoms with Crippen LogP contribution in [0.15, 0.2) is 0 Å². The predicted octanol–water partition coefficient (Wildman–Crippen LogP) is 1.42. The molecule has 1 saturated carbocycles. The van der Waals surface area contributed by atoms with Gasteiger partial charge in [-0.25, -0.2) is 0 Å². The van der Waals surface area contributed by atoms with Crippen molar-refractivity contribution in [3.63, 3.8) is 0 Å². The Labute approximate surface area is 86.7 Å². The van der Waals surface area contributed by atoms with Gasteiger partial charge in [0.15, 0.2) is 0 Å². The smallest absolute Gasteiger partial charge is 0.00964 e. The van der Waals surface area contributed by atoms with Crippen molar-refractivity contribution in [2.24, 2.45) is 5.73 Å². The van der Waals surface area contributed by atoms with Crippen LogP contribution in [0.25, 0.3) is 0 Å². The molecule has 0 bridgehead atoms. The molecule has 0 aromatic carbocycles. The maximum absolute atomic E-state index is 5.79. The molecule has 74 valence electrons. The zero-order valence-electron chi connectivity index (χ0n) is 7.24. The SMILES string of the molecule is Cl.Cl.NC1CCN(C2CC2)CC1. The number of nitrogens with two attached hydrogens (primary N) is 1. The highest BCUT2D eigenvalue weighted by atomic mass is 35.5. The zero-order chi connectivity index (χ0) is 6.97. The molecule has 0 unspecified atom stereocenters. The van der Waals surface area contributed by atoms with Gasteiger partial charge in [0.05, 0.1) is 0 Å². The Balaban J connectivity index is 0.000000605. The van der Waals surface area contributed by atoms with Crippen LogP contribution in [0.3, 0.4) is 0 Å². The second-order valence-electron chi connectivity index (χ2n) is 3.60. The van der Waals surface area contributed by atoms with Gasteiger partial charge in [0.2, 0.25) is 0 Å². The first-order valence-corrected chi connectivity index (χ1v) is 4.36. The summed E-state index contributed by atoms with van der Waals surface area (Å²) in [5, 5.41) is 0. The molecule has 0 radical (unpaired) electrons. The molecular weight excluding hydrogens is 195 g/mol. The predicted molar refractivity (Wildman–Crippen MR) is 56.3 cm³/mol. The van der Waals surface area contributed by atoms with E-state index in [9.17, 15) is 0 Å². The van der Waals surface area contributed by atoms with E-state index in [1.807, 2.05) is 0 Å². The van der Waals surface area contributed by atoms with Gasteiger partial charge < -0.3 is 10.6 Å². The van der Waals surface area contributed by atoms with Gasteiger partial charge in [0.1, 0.15) is 0 Å². The van der Waals surface area contributed by atoms with Crippen molar-refractivity contribution in [2.75, 3.05) is 13.1 Å². The summed E-state index contributed by atoms with van der Waals surface area (Å²) in [6.07, 6.45) is 5.32. The van der Waals surface area contributed by atoms with E-state index < -0.39 is 0 Å². The maximum Gasteiger partial charge on any atom is 0.00964 e. The average molecular weight is 213 g/mol. The summed E-state index contributed by atoms with van der Waals surface area (Å²) in [7, 11) is 0. The minimum absolute atomic E-state index is 0. The molecule has 0 amide bonds. The molecule has 4 heteroatoms. The Hall–Kier alpha value is 0.500. The first-order valence-electron chi connectivity index (χ1n) is 4.36. The summed E-state index contributed by atoms with van der Waals surface area (Å²) in [6, 6.07) is 1.45.